The monoisotopic (exact) mass is 381 g/mol. The molecule has 136 valence electrons. The van der Waals surface area contributed by atoms with Crippen LogP contribution in [0.2, 0.25) is 5.02 Å². The van der Waals surface area contributed by atoms with Crippen LogP contribution in [0.5, 0.6) is 0 Å². The molecule has 25 heavy (non-hydrogen) atoms. The number of carbonyl (C=O) groups excluding carboxylic acids is 1. The Morgan fingerprint density at radius 2 is 1.88 bits per heavy atom. The van der Waals surface area contributed by atoms with Crippen LogP contribution in [0.15, 0.2) is 48.5 Å². The average molecular weight is 382 g/mol. The second kappa shape index (κ2) is 10.3. The molecule has 2 atom stereocenters. The normalized spacial score (nSPS) is 12.6. The minimum atomic E-state index is -0.496. The van der Waals surface area contributed by atoms with Gasteiger partial charge in [-0.05, 0) is 37.1 Å². The Kier molecular flexibility index (Phi) is 8.76. The Hall–Kier alpha value is -1.75. The molecule has 0 spiro atoms. The Bertz CT molecular complexity index is 680. The lowest BCUT2D eigenvalue weighted by Gasteiger charge is -2.18. The van der Waals surface area contributed by atoms with E-state index in [0.29, 0.717) is 17.1 Å². The minimum absolute atomic E-state index is 0. The lowest BCUT2D eigenvalue weighted by atomic mass is 10.1. The largest absolute Gasteiger partial charge is 0.377 e. The summed E-state index contributed by atoms with van der Waals surface area (Å²) in [7, 11) is 0. The molecule has 6 heteroatoms. The molecule has 0 saturated carbocycles. The summed E-state index contributed by atoms with van der Waals surface area (Å²) in [5.41, 5.74) is 8.46. The maximum Gasteiger partial charge on any atom is 0.241 e. The van der Waals surface area contributed by atoms with E-state index in [0.717, 1.165) is 12.1 Å². The number of benzene rings is 2. The van der Waals surface area contributed by atoms with Gasteiger partial charge in [0, 0.05) is 11.7 Å². The number of amides is 1. The molecule has 2 unspecified atom stereocenters. The number of hydrogen-bond donors (Lipinski definition) is 3. The maximum absolute atomic E-state index is 12.0. The molecule has 0 aromatic heterocycles. The number of nitrogens with two attached hydrogens (primary N) is 1. The predicted molar refractivity (Wildman–Crippen MR) is 109 cm³/mol. The first-order valence-corrected chi connectivity index (χ1v) is 8.56. The highest BCUT2D eigenvalue weighted by Crippen LogP contribution is 2.29. The number of carbonyl (C=O) groups is 1. The van der Waals surface area contributed by atoms with E-state index >= 15 is 0 Å². The van der Waals surface area contributed by atoms with E-state index in [-0.39, 0.29) is 24.4 Å². The van der Waals surface area contributed by atoms with Gasteiger partial charge in [0.2, 0.25) is 5.91 Å². The summed E-state index contributed by atoms with van der Waals surface area (Å²) >= 11 is 6.34. The Morgan fingerprint density at radius 1 is 1.20 bits per heavy atom. The quantitative estimate of drug-likeness (QED) is 0.631. The van der Waals surface area contributed by atoms with Crippen LogP contribution in [0.3, 0.4) is 0 Å². The lowest BCUT2D eigenvalue weighted by molar-refractivity contribution is -0.117. The van der Waals surface area contributed by atoms with Gasteiger partial charge < -0.3 is 16.4 Å². The van der Waals surface area contributed by atoms with Gasteiger partial charge in [0.05, 0.1) is 16.8 Å². The van der Waals surface area contributed by atoms with Crippen LogP contribution in [0.4, 0.5) is 11.4 Å². The van der Waals surface area contributed by atoms with Crippen LogP contribution in [-0.2, 0) is 4.79 Å². The smallest absolute Gasteiger partial charge is 0.241 e. The summed E-state index contributed by atoms with van der Waals surface area (Å²) in [5.74, 6) is -0.189. The molecule has 0 aliphatic rings. The number of anilines is 2. The van der Waals surface area contributed by atoms with Gasteiger partial charge in [-0.1, -0.05) is 55.3 Å². The zero-order valence-electron chi connectivity index (χ0n) is 14.5. The van der Waals surface area contributed by atoms with E-state index in [1.807, 2.05) is 37.3 Å². The summed E-state index contributed by atoms with van der Waals surface area (Å²) in [6.07, 6.45) is 1.53. The second-order valence-electron chi connectivity index (χ2n) is 5.86. The fraction of sp³-hybridized carbons (Fsp3) is 0.316. The van der Waals surface area contributed by atoms with Gasteiger partial charge in [-0.2, -0.15) is 0 Å². The third kappa shape index (κ3) is 6.24. The zero-order chi connectivity index (χ0) is 17.5. The summed E-state index contributed by atoms with van der Waals surface area (Å²) in [6, 6.07) is 15.2. The van der Waals surface area contributed by atoms with Crippen LogP contribution >= 0.6 is 24.0 Å². The van der Waals surface area contributed by atoms with Gasteiger partial charge >= 0.3 is 0 Å². The topological polar surface area (TPSA) is 67.2 Å². The van der Waals surface area contributed by atoms with Crippen molar-refractivity contribution < 1.29 is 4.79 Å². The molecule has 0 heterocycles. The Labute approximate surface area is 160 Å². The van der Waals surface area contributed by atoms with Crippen molar-refractivity contribution in [3.63, 3.8) is 0 Å². The van der Waals surface area contributed by atoms with E-state index in [1.165, 1.54) is 5.56 Å². The van der Waals surface area contributed by atoms with E-state index in [2.05, 4.69) is 29.7 Å². The SMILES string of the molecule is CCCC(N)C(=O)Nc1ccc(NC(C)c2ccccc2)c(Cl)c1.Cl. The summed E-state index contributed by atoms with van der Waals surface area (Å²) in [6.45, 7) is 4.07. The van der Waals surface area contributed by atoms with Crippen molar-refractivity contribution in [2.45, 2.75) is 38.8 Å². The second-order valence-corrected chi connectivity index (χ2v) is 6.26. The van der Waals surface area contributed by atoms with Crippen LogP contribution < -0.4 is 16.4 Å². The first-order chi connectivity index (χ1) is 11.5. The van der Waals surface area contributed by atoms with Gasteiger partial charge in [0.1, 0.15) is 0 Å². The molecular formula is C19H25Cl2N3O. The van der Waals surface area contributed by atoms with Crippen molar-refractivity contribution in [2.75, 3.05) is 10.6 Å². The van der Waals surface area contributed by atoms with Crippen molar-refractivity contribution in [1.82, 2.24) is 0 Å². The predicted octanol–water partition coefficient (Wildman–Crippen LogP) is 5.00. The van der Waals surface area contributed by atoms with E-state index < -0.39 is 6.04 Å². The first kappa shape index (κ1) is 21.3. The molecule has 0 fully saturated rings. The molecule has 1 amide bonds. The number of rotatable bonds is 7. The molecule has 0 bridgehead atoms. The van der Waals surface area contributed by atoms with Crippen LogP contribution in [0.25, 0.3) is 0 Å². The van der Waals surface area contributed by atoms with Gasteiger partial charge in [0.15, 0.2) is 0 Å². The standard InChI is InChI=1S/C19H24ClN3O.ClH/c1-3-7-17(21)19(24)23-15-10-11-18(16(20)12-15)22-13(2)14-8-5-4-6-9-14;/h4-6,8-13,17,22H,3,7,21H2,1-2H3,(H,23,24);1H. The molecule has 0 saturated heterocycles. The average Bonchev–Trinajstić information content (AvgIpc) is 2.58. The third-order valence-corrected chi connectivity index (χ3v) is 4.16. The minimum Gasteiger partial charge on any atom is -0.377 e. The highest BCUT2D eigenvalue weighted by Gasteiger charge is 2.13. The summed E-state index contributed by atoms with van der Waals surface area (Å²) < 4.78 is 0. The number of hydrogen-bond acceptors (Lipinski definition) is 3. The summed E-state index contributed by atoms with van der Waals surface area (Å²) in [4.78, 5) is 12.0. The molecule has 4 N–H and O–H groups in total. The van der Waals surface area contributed by atoms with Crippen molar-refractivity contribution in [1.29, 1.82) is 0 Å². The molecule has 0 radical (unpaired) electrons. The van der Waals surface area contributed by atoms with E-state index in [9.17, 15) is 4.79 Å². The maximum atomic E-state index is 12.0. The van der Waals surface area contributed by atoms with Gasteiger partial charge in [0.25, 0.3) is 0 Å². The van der Waals surface area contributed by atoms with E-state index in [4.69, 9.17) is 17.3 Å². The molecule has 2 rings (SSSR count). The van der Waals surface area contributed by atoms with Crippen molar-refractivity contribution in [2.24, 2.45) is 5.73 Å². The highest BCUT2D eigenvalue weighted by molar-refractivity contribution is 6.33. The Balaban J connectivity index is 0.00000312. The molecule has 0 aliphatic heterocycles. The number of halogens is 2. The van der Waals surface area contributed by atoms with Gasteiger partial charge in [-0.3, -0.25) is 4.79 Å². The van der Waals surface area contributed by atoms with Crippen LogP contribution in [0, 0.1) is 0 Å². The fourth-order valence-corrected chi connectivity index (χ4v) is 2.68. The van der Waals surface area contributed by atoms with Crippen LogP contribution in [-0.4, -0.2) is 11.9 Å². The lowest BCUT2D eigenvalue weighted by Crippen LogP contribution is -2.35. The van der Waals surface area contributed by atoms with Crippen molar-refractivity contribution in [3.8, 4) is 0 Å². The molecule has 4 nitrogen and oxygen atoms in total. The van der Waals surface area contributed by atoms with Crippen LogP contribution in [0.1, 0.15) is 38.3 Å². The first-order valence-electron chi connectivity index (χ1n) is 8.18. The molecule has 0 aliphatic carbocycles. The summed E-state index contributed by atoms with van der Waals surface area (Å²) in [5, 5.41) is 6.74. The third-order valence-electron chi connectivity index (χ3n) is 3.84. The zero-order valence-corrected chi connectivity index (χ0v) is 16.0. The van der Waals surface area contributed by atoms with Gasteiger partial charge in [-0.25, -0.2) is 0 Å². The molecule has 2 aromatic carbocycles. The molecular weight excluding hydrogens is 357 g/mol. The van der Waals surface area contributed by atoms with Crippen molar-refractivity contribution in [3.05, 3.63) is 59.1 Å². The highest BCUT2D eigenvalue weighted by atomic mass is 35.5. The number of nitrogens with one attached hydrogen (secondary N) is 2. The molecule has 2 aromatic rings. The van der Waals surface area contributed by atoms with Gasteiger partial charge in [-0.15, -0.1) is 12.4 Å². The van der Waals surface area contributed by atoms with E-state index in [1.54, 1.807) is 6.07 Å². The fourth-order valence-electron chi connectivity index (χ4n) is 2.45. The Morgan fingerprint density at radius 3 is 2.48 bits per heavy atom. The van der Waals surface area contributed by atoms with Crippen molar-refractivity contribution >= 4 is 41.3 Å².